The van der Waals surface area contributed by atoms with Crippen LogP contribution in [0, 0.1) is 29.5 Å². The number of rotatable bonds is 3. The van der Waals surface area contributed by atoms with Crippen LogP contribution in [0.2, 0.25) is 0 Å². The highest BCUT2D eigenvalue weighted by Gasteiger charge is 2.39. The van der Waals surface area contributed by atoms with Crippen LogP contribution >= 0.6 is 0 Å². The number of benzene rings is 3. The molecule has 0 N–H and O–H groups in total. The highest BCUT2D eigenvalue weighted by Crippen LogP contribution is 2.38. The number of halogens is 4. The molecular weight excluding hydrogens is 452 g/mol. The van der Waals surface area contributed by atoms with Gasteiger partial charge < -0.3 is 4.74 Å². The lowest BCUT2D eigenvalue weighted by Gasteiger charge is -2.22. The van der Waals surface area contributed by atoms with Gasteiger partial charge in [-0.2, -0.15) is 8.78 Å². The molecule has 0 radical (unpaired) electrons. The van der Waals surface area contributed by atoms with E-state index >= 15 is 0 Å². The van der Waals surface area contributed by atoms with E-state index in [1.165, 1.54) is 0 Å². The second-order valence-electron chi connectivity index (χ2n) is 7.85. The third kappa shape index (κ3) is 5.83. The molecular formula is C30H20F4O. The monoisotopic (exact) mass is 472 g/mol. The Morgan fingerprint density at radius 3 is 2.40 bits per heavy atom. The predicted octanol–water partition coefficient (Wildman–Crippen LogP) is 7.08. The Kier molecular flexibility index (Phi) is 7.09. The summed E-state index contributed by atoms with van der Waals surface area (Å²) in [6, 6.07) is 16.7. The van der Waals surface area contributed by atoms with Crippen molar-refractivity contribution < 1.29 is 22.3 Å². The first-order valence-electron chi connectivity index (χ1n) is 10.9. The zero-order valence-electron chi connectivity index (χ0n) is 18.8. The van der Waals surface area contributed by atoms with Crippen LogP contribution < -0.4 is 4.74 Å². The van der Waals surface area contributed by atoms with E-state index in [1.54, 1.807) is 18.2 Å². The van der Waals surface area contributed by atoms with E-state index in [4.69, 9.17) is 4.74 Å². The average Bonchev–Trinajstić information content (AvgIpc) is 2.84. The fourth-order valence-electron chi connectivity index (χ4n) is 3.51. The van der Waals surface area contributed by atoms with Crippen LogP contribution in [0.3, 0.4) is 0 Å². The molecule has 174 valence electrons. The average molecular weight is 472 g/mol. The van der Waals surface area contributed by atoms with Crippen molar-refractivity contribution in [2.24, 2.45) is 0 Å². The molecule has 0 saturated heterocycles. The molecule has 0 saturated carbocycles. The topological polar surface area (TPSA) is 9.23 Å². The molecule has 35 heavy (non-hydrogen) atoms. The third-order valence-electron chi connectivity index (χ3n) is 5.30. The predicted molar refractivity (Wildman–Crippen MR) is 129 cm³/mol. The lowest BCUT2D eigenvalue weighted by molar-refractivity contribution is 0.0185. The fourth-order valence-corrected chi connectivity index (χ4v) is 3.51. The van der Waals surface area contributed by atoms with E-state index < -0.39 is 24.0 Å². The summed E-state index contributed by atoms with van der Waals surface area (Å²) in [5.41, 5.74) is 2.15. The van der Waals surface area contributed by atoms with Crippen LogP contribution in [0.5, 0.6) is 5.75 Å². The van der Waals surface area contributed by atoms with Crippen LogP contribution in [0.25, 0.3) is 6.08 Å². The van der Waals surface area contributed by atoms with Crippen molar-refractivity contribution in [3.63, 3.8) is 0 Å². The van der Waals surface area contributed by atoms with Crippen LogP contribution in [-0.2, 0) is 6.42 Å². The SMILES string of the molecule is C/C=C/COc1ccc(C#Cc2cc(F)cc3c2CC(F)(F)C(F)=C3)c(C#Cc2ccccc2)c1. The van der Waals surface area contributed by atoms with Crippen molar-refractivity contribution in [2.45, 2.75) is 19.3 Å². The zero-order valence-corrected chi connectivity index (χ0v) is 18.8. The number of allylic oxidation sites excluding steroid dienone is 2. The smallest absolute Gasteiger partial charge is 0.302 e. The molecule has 0 fully saturated rings. The normalized spacial score (nSPS) is 13.7. The number of alkyl halides is 2. The Morgan fingerprint density at radius 2 is 1.63 bits per heavy atom. The molecule has 0 atom stereocenters. The number of hydrogen-bond donors (Lipinski definition) is 0. The molecule has 0 bridgehead atoms. The molecule has 3 aromatic rings. The Labute approximate surface area is 201 Å². The van der Waals surface area contributed by atoms with Gasteiger partial charge in [-0.1, -0.05) is 54.0 Å². The van der Waals surface area contributed by atoms with E-state index in [1.807, 2.05) is 49.4 Å². The van der Waals surface area contributed by atoms with Crippen LogP contribution in [0.15, 0.2) is 78.6 Å². The Balaban J connectivity index is 1.76. The standard InChI is InChI=1S/C30H20F4O/c1-2-3-15-35-27-14-13-22(23(18-27)10-9-21-7-5-4-6-8-21)11-12-24-16-26(31)17-25-19-29(32)30(33,34)20-28(24)25/h2-8,13-14,16-19H,15,20H2,1H3/b3-2+. The number of ether oxygens (including phenoxy) is 1. The summed E-state index contributed by atoms with van der Waals surface area (Å²) in [6.07, 6.45) is 3.53. The largest absolute Gasteiger partial charge is 0.489 e. The molecule has 0 amide bonds. The van der Waals surface area contributed by atoms with E-state index in [-0.39, 0.29) is 16.7 Å². The van der Waals surface area contributed by atoms with Gasteiger partial charge in [0.05, 0.1) is 0 Å². The molecule has 0 heterocycles. The lowest BCUT2D eigenvalue weighted by atomic mass is 9.90. The van der Waals surface area contributed by atoms with Gasteiger partial charge in [-0.3, -0.25) is 0 Å². The quantitative estimate of drug-likeness (QED) is 0.225. The van der Waals surface area contributed by atoms with E-state index in [2.05, 4.69) is 23.7 Å². The van der Waals surface area contributed by atoms with Crippen molar-refractivity contribution in [3.05, 3.63) is 118 Å². The van der Waals surface area contributed by atoms with E-state index in [0.29, 0.717) is 29.6 Å². The Hall–Kier alpha value is -4.22. The summed E-state index contributed by atoms with van der Waals surface area (Å²) in [5, 5.41) is 0. The van der Waals surface area contributed by atoms with Gasteiger partial charge in [0.25, 0.3) is 0 Å². The molecule has 1 aliphatic rings. The van der Waals surface area contributed by atoms with Gasteiger partial charge in [0, 0.05) is 28.7 Å². The summed E-state index contributed by atoms with van der Waals surface area (Å²) < 4.78 is 61.5. The van der Waals surface area contributed by atoms with Crippen LogP contribution in [0.4, 0.5) is 17.6 Å². The first-order chi connectivity index (χ1) is 16.9. The van der Waals surface area contributed by atoms with Crippen molar-refractivity contribution >= 4 is 6.08 Å². The third-order valence-corrected chi connectivity index (χ3v) is 5.30. The molecule has 5 heteroatoms. The lowest BCUT2D eigenvalue weighted by Crippen LogP contribution is -2.25. The second-order valence-corrected chi connectivity index (χ2v) is 7.85. The van der Waals surface area contributed by atoms with Crippen molar-refractivity contribution in [1.29, 1.82) is 0 Å². The van der Waals surface area contributed by atoms with Gasteiger partial charge in [-0.25, -0.2) is 8.78 Å². The van der Waals surface area contributed by atoms with Crippen molar-refractivity contribution in [1.82, 2.24) is 0 Å². The van der Waals surface area contributed by atoms with Crippen molar-refractivity contribution in [2.75, 3.05) is 6.61 Å². The first kappa shape index (κ1) is 23.9. The van der Waals surface area contributed by atoms with Crippen molar-refractivity contribution in [3.8, 4) is 29.4 Å². The maximum atomic E-state index is 14.1. The van der Waals surface area contributed by atoms with Crippen LogP contribution in [0.1, 0.15) is 40.3 Å². The molecule has 1 aliphatic carbocycles. The summed E-state index contributed by atoms with van der Waals surface area (Å²) >= 11 is 0. The maximum Gasteiger partial charge on any atom is 0.302 e. The van der Waals surface area contributed by atoms with Gasteiger partial charge in [-0.15, -0.1) is 0 Å². The number of fused-ring (bicyclic) bond motifs is 1. The van der Waals surface area contributed by atoms with Gasteiger partial charge in [-0.05, 0) is 66.6 Å². The molecule has 0 aliphatic heterocycles. The molecule has 1 nitrogen and oxygen atoms in total. The minimum absolute atomic E-state index is 0.0644. The van der Waals surface area contributed by atoms with Gasteiger partial charge >= 0.3 is 5.92 Å². The fraction of sp³-hybridized carbons (Fsp3) is 0.133. The van der Waals surface area contributed by atoms with Gasteiger partial charge in [0.15, 0.2) is 5.83 Å². The summed E-state index contributed by atoms with van der Waals surface area (Å²) in [5.74, 6) is 6.56. The minimum Gasteiger partial charge on any atom is -0.489 e. The minimum atomic E-state index is -3.65. The summed E-state index contributed by atoms with van der Waals surface area (Å²) in [7, 11) is 0. The Morgan fingerprint density at radius 1 is 0.886 bits per heavy atom. The van der Waals surface area contributed by atoms with Gasteiger partial charge in [0.2, 0.25) is 0 Å². The summed E-state index contributed by atoms with van der Waals surface area (Å²) in [4.78, 5) is 0. The molecule has 0 unspecified atom stereocenters. The number of hydrogen-bond acceptors (Lipinski definition) is 1. The molecule has 0 aromatic heterocycles. The molecule has 4 rings (SSSR count). The highest BCUT2D eigenvalue weighted by molar-refractivity contribution is 5.66. The van der Waals surface area contributed by atoms with Gasteiger partial charge in [0.1, 0.15) is 18.2 Å². The van der Waals surface area contributed by atoms with Crippen LogP contribution in [-0.4, -0.2) is 12.5 Å². The highest BCUT2D eigenvalue weighted by atomic mass is 19.3. The second kappa shape index (κ2) is 10.4. The Bertz CT molecular complexity index is 1430. The molecule has 0 spiro atoms. The van der Waals surface area contributed by atoms with E-state index in [9.17, 15) is 17.6 Å². The zero-order chi connectivity index (χ0) is 24.8. The molecule has 3 aromatic carbocycles. The van der Waals surface area contributed by atoms with E-state index in [0.717, 1.165) is 17.7 Å². The first-order valence-corrected chi connectivity index (χ1v) is 10.9. The summed E-state index contributed by atoms with van der Waals surface area (Å²) in [6.45, 7) is 2.28. The maximum absolute atomic E-state index is 14.1.